The molecule has 1 saturated heterocycles. The summed E-state index contributed by atoms with van der Waals surface area (Å²) in [6.45, 7) is 1.56. The molecule has 0 radical (unpaired) electrons. The van der Waals surface area contributed by atoms with Crippen molar-refractivity contribution in [2.45, 2.75) is 32.1 Å². The predicted octanol–water partition coefficient (Wildman–Crippen LogP) is 3.99. The molecule has 1 aliphatic heterocycles. The Morgan fingerprint density at radius 2 is 1.72 bits per heavy atom. The second kappa shape index (κ2) is 6.32. The van der Waals surface area contributed by atoms with Crippen LogP contribution in [0.5, 0.6) is 0 Å². The largest absolute Gasteiger partial charge is 0.339 e. The minimum absolute atomic E-state index is 0.0664. The Morgan fingerprint density at radius 3 is 2.39 bits per heavy atom. The Balaban J connectivity index is 2.15. The minimum atomic E-state index is -0.367. The second-order valence-corrected chi connectivity index (χ2v) is 5.54. The fourth-order valence-corrected chi connectivity index (χ4v) is 2.70. The Hall–Kier alpha value is -0.900. The molecule has 1 heterocycles. The van der Waals surface area contributed by atoms with Gasteiger partial charge in [-0.25, -0.2) is 4.39 Å². The first kappa shape index (κ1) is 13.5. The van der Waals surface area contributed by atoms with Gasteiger partial charge in [-0.15, -0.1) is 0 Å². The molecule has 1 amide bonds. The van der Waals surface area contributed by atoms with Gasteiger partial charge in [0, 0.05) is 17.6 Å². The van der Waals surface area contributed by atoms with Crippen molar-refractivity contribution in [3.05, 3.63) is 34.1 Å². The number of nitrogens with zero attached hydrogens (tertiary/aromatic N) is 1. The molecule has 0 aromatic heterocycles. The number of halogens is 2. The van der Waals surface area contributed by atoms with E-state index in [1.54, 1.807) is 6.07 Å². The number of amides is 1. The minimum Gasteiger partial charge on any atom is -0.339 e. The van der Waals surface area contributed by atoms with Gasteiger partial charge < -0.3 is 4.90 Å². The van der Waals surface area contributed by atoms with Crippen LogP contribution in [0.3, 0.4) is 0 Å². The van der Waals surface area contributed by atoms with Gasteiger partial charge in [-0.05, 0) is 47.0 Å². The molecule has 0 unspecified atom stereocenters. The van der Waals surface area contributed by atoms with E-state index in [1.807, 2.05) is 4.90 Å². The summed E-state index contributed by atoms with van der Waals surface area (Å²) in [5, 5.41) is 0. The van der Waals surface area contributed by atoms with E-state index in [1.165, 1.54) is 31.4 Å². The fraction of sp³-hybridized carbons (Fsp3) is 0.500. The van der Waals surface area contributed by atoms with Crippen LogP contribution in [0.4, 0.5) is 4.39 Å². The second-order valence-electron chi connectivity index (χ2n) is 4.68. The molecule has 0 spiro atoms. The van der Waals surface area contributed by atoms with Gasteiger partial charge in [0.2, 0.25) is 0 Å². The third kappa shape index (κ3) is 3.31. The van der Waals surface area contributed by atoms with Crippen LogP contribution in [0.1, 0.15) is 42.5 Å². The molecule has 0 atom stereocenters. The highest BCUT2D eigenvalue weighted by Crippen LogP contribution is 2.21. The summed E-state index contributed by atoms with van der Waals surface area (Å²) >= 11 is 3.32. The van der Waals surface area contributed by atoms with E-state index in [9.17, 15) is 9.18 Å². The van der Waals surface area contributed by atoms with Crippen molar-refractivity contribution in [3.63, 3.8) is 0 Å². The summed E-state index contributed by atoms with van der Waals surface area (Å²) in [7, 11) is 0. The van der Waals surface area contributed by atoms with Gasteiger partial charge in [0.25, 0.3) is 5.91 Å². The molecule has 2 rings (SSSR count). The van der Waals surface area contributed by atoms with Gasteiger partial charge in [0.05, 0.1) is 5.56 Å². The smallest absolute Gasteiger partial charge is 0.255 e. The highest BCUT2D eigenvalue weighted by Gasteiger charge is 2.19. The Labute approximate surface area is 115 Å². The van der Waals surface area contributed by atoms with Crippen molar-refractivity contribution in [2.75, 3.05) is 13.1 Å². The lowest BCUT2D eigenvalue weighted by atomic mass is 10.1. The molecule has 1 aromatic rings. The Bertz CT molecular complexity index is 428. The van der Waals surface area contributed by atoms with E-state index in [4.69, 9.17) is 0 Å². The zero-order valence-electron chi connectivity index (χ0n) is 10.3. The normalized spacial score (nSPS) is 17.1. The number of hydrogen-bond donors (Lipinski definition) is 0. The number of carbonyl (C=O) groups is 1. The molecular formula is C14H17BrFNO. The number of benzene rings is 1. The van der Waals surface area contributed by atoms with Crippen LogP contribution in [0.15, 0.2) is 22.7 Å². The molecule has 0 bridgehead atoms. The summed E-state index contributed by atoms with van der Waals surface area (Å²) in [6, 6.07) is 4.26. The lowest BCUT2D eigenvalue weighted by molar-refractivity contribution is 0.0741. The maximum Gasteiger partial charge on any atom is 0.255 e. The third-order valence-electron chi connectivity index (χ3n) is 3.30. The first-order valence-corrected chi connectivity index (χ1v) is 7.22. The average Bonchev–Trinajstić information content (AvgIpc) is 2.31. The molecule has 1 fully saturated rings. The molecule has 2 nitrogen and oxygen atoms in total. The van der Waals surface area contributed by atoms with Crippen LogP contribution in [0.25, 0.3) is 0 Å². The topological polar surface area (TPSA) is 20.3 Å². The maximum absolute atomic E-state index is 13.2. The molecule has 18 heavy (non-hydrogen) atoms. The summed E-state index contributed by atoms with van der Waals surface area (Å²) in [4.78, 5) is 14.2. The van der Waals surface area contributed by atoms with Crippen molar-refractivity contribution in [1.82, 2.24) is 4.90 Å². The van der Waals surface area contributed by atoms with E-state index in [0.717, 1.165) is 25.9 Å². The summed E-state index contributed by atoms with van der Waals surface area (Å²) in [5.41, 5.74) is 0.426. The third-order valence-corrected chi connectivity index (χ3v) is 3.99. The molecule has 4 heteroatoms. The summed E-state index contributed by atoms with van der Waals surface area (Å²) in [6.07, 6.45) is 5.69. The molecule has 1 aromatic carbocycles. The summed E-state index contributed by atoms with van der Waals surface area (Å²) in [5.74, 6) is -0.433. The van der Waals surface area contributed by atoms with Gasteiger partial charge in [0.15, 0.2) is 0 Å². The van der Waals surface area contributed by atoms with Crippen molar-refractivity contribution in [1.29, 1.82) is 0 Å². The standard InChI is InChI=1S/C14H17BrFNO/c15-13-7-6-11(16)10-12(13)14(18)17-8-4-2-1-3-5-9-17/h6-7,10H,1-5,8-9H2. The van der Waals surface area contributed by atoms with Gasteiger partial charge in [0.1, 0.15) is 5.82 Å². The molecule has 0 N–H and O–H groups in total. The number of hydrogen-bond acceptors (Lipinski definition) is 1. The predicted molar refractivity (Wildman–Crippen MR) is 73.1 cm³/mol. The van der Waals surface area contributed by atoms with Crippen LogP contribution >= 0.6 is 15.9 Å². The van der Waals surface area contributed by atoms with E-state index < -0.39 is 0 Å². The first-order valence-electron chi connectivity index (χ1n) is 6.43. The van der Waals surface area contributed by atoms with Gasteiger partial charge in [-0.3, -0.25) is 4.79 Å². The number of carbonyl (C=O) groups excluding carboxylic acids is 1. The van der Waals surface area contributed by atoms with Crippen LogP contribution < -0.4 is 0 Å². The molecule has 1 aliphatic rings. The number of likely N-dealkylation sites (tertiary alicyclic amines) is 1. The van der Waals surface area contributed by atoms with Crippen LogP contribution in [0.2, 0.25) is 0 Å². The Morgan fingerprint density at radius 1 is 1.11 bits per heavy atom. The van der Waals surface area contributed by atoms with Gasteiger partial charge >= 0.3 is 0 Å². The molecule has 98 valence electrons. The lowest BCUT2D eigenvalue weighted by Crippen LogP contribution is -2.34. The van der Waals surface area contributed by atoms with Crippen molar-refractivity contribution in [3.8, 4) is 0 Å². The fourth-order valence-electron chi connectivity index (χ4n) is 2.28. The van der Waals surface area contributed by atoms with Crippen LogP contribution in [-0.4, -0.2) is 23.9 Å². The van der Waals surface area contributed by atoms with Crippen molar-refractivity contribution >= 4 is 21.8 Å². The number of rotatable bonds is 1. The van der Waals surface area contributed by atoms with E-state index >= 15 is 0 Å². The lowest BCUT2D eigenvalue weighted by Gasteiger charge is -2.25. The average molecular weight is 314 g/mol. The maximum atomic E-state index is 13.2. The van der Waals surface area contributed by atoms with Gasteiger partial charge in [-0.1, -0.05) is 19.3 Å². The molecule has 0 saturated carbocycles. The van der Waals surface area contributed by atoms with E-state index in [0.29, 0.717) is 10.0 Å². The van der Waals surface area contributed by atoms with E-state index in [-0.39, 0.29) is 11.7 Å². The zero-order chi connectivity index (χ0) is 13.0. The Kier molecular flexibility index (Phi) is 4.75. The van der Waals surface area contributed by atoms with Crippen molar-refractivity contribution in [2.24, 2.45) is 0 Å². The van der Waals surface area contributed by atoms with E-state index in [2.05, 4.69) is 15.9 Å². The molecular weight excluding hydrogens is 297 g/mol. The van der Waals surface area contributed by atoms with Gasteiger partial charge in [-0.2, -0.15) is 0 Å². The molecule has 0 aliphatic carbocycles. The monoisotopic (exact) mass is 313 g/mol. The van der Waals surface area contributed by atoms with Crippen molar-refractivity contribution < 1.29 is 9.18 Å². The summed E-state index contributed by atoms with van der Waals surface area (Å²) < 4.78 is 13.9. The zero-order valence-corrected chi connectivity index (χ0v) is 11.9. The highest BCUT2D eigenvalue weighted by molar-refractivity contribution is 9.10. The quantitative estimate of drug-likeness (QED) is 0.767. The highest BCUT2D eigenvalue weighted by atomic mass is 79.9. The first-order chi connectivity index (χ1) is 8.68. The SMILES string of the molecule is O=C(c1cc(F)ccc1Br)N1CCCCCCC1. The van der Waals surface area contributed by atoms with Crippen LogP contribution in [0, 0.1) is 5.82 Å². The van der Waals surface area contributed by atoms with Crippen LogP contribution in [-0.2, 0) is 0 Å².